The largest absolute Gasteiger partial charge is 0.337 e. The lowest BCUT2D eigenvalue weighted by Crippen LogP contribution is -2.26. The van der Waals surface area contributed by atoms with Gasteiger partial charge in [0.25, 0.3) is 0 Å². The number of rotatable bonds is 2. The maximum Gasteiger partial charge on any atom is 0.0792 e. The van der Waals surface area contributed by atoms with Crippen molar-refractivity contribution in [3.05, 3.63) is 30.3 Å². The van der Waals surface area contributed by atoms with E-state index < -0.39 is 0 Å². The predicted octanol–water partition coefficient (Wildman–Crippen LogP) is 2.86. The predicted molar refractivity (Wildman–Crippen MR) is 57.7 cm³/mol. The van der Waals surface area contributed by atoms with E-state index in [1.54, 1.807) is 0 Å². The summed E-state index contributed by atoms with van der Waals surface area (Å²) >= 11 is 5.12. The minimum absolute atomic E-state index is 0.920. The summed E-state index contributed by atoms with van der Waals surface area (Å²) in [5, 5.41) is 0. The monoisotopic (exact) mass is 179 g/mol. The van der Waals surface area contributed by atoms with Gasteiger partial charge in [0, 0.05) is 12.2 Å². The zero-order valence-corrected chi connectivity index (χ0v) is 8.27. The molecular weight excluding hydrogens is 166 g/mol. The lowest BCUT2D eigenvalue weighted by atomic mass is 10.3. The summed E-state index contributed by atoms with van der Waals surface area (Å²) in [7, 11) is 0. The molecule has 0 atom stereocenters. The van der Waals surface area contributed by atoms with E-state index in [4.69, 9.17) is 12.2 Å². The molecule has 0 unspecified atom stereocenters. The highest BCUT2D eigenvalue weighted by Crippen LogP contribution is 2.13. The van der Waals surface area contributed by atoms with Crippen LogP contribution in [0.1, 0.15) is 13.8 Å². The van der Waals surface area contributed by atoms with Crippen LogP contribution in [0.25, 0.3) is 0 Å². The molecule has 0 aliphatic rings. The molecule has 0 aliphatic heterocycles. The van der Waals surface area contributed by atoms with Gasteiger partial charge >= 0.3 is 0 Å². The first kappa shape index (κ1) is 9.20. The minimum Gasteiger partial charge on any atom is -0.337 e. The number of benzene rings is 1. The minimum atomic E-state index is 0.920. The van der Waals surface area contributed by atoms with Crippen molar-refractivity contribution >= 4 is 22.9 Å². The van der Waals surface area contributed by atoms with Crippen LogP contribution < -0.4 is 4.90 Å². The number of thiocarbonyl (C=S) groups is 1. The van der Waals surface area contributed by atoms with E-state index in [-0.39, 0.29) is 0 Å². The summed E-state index contributed by atoms with van der Waals surface area (Å²) in [5.41, 5.74) is 1.17. The molecule has 1 nitrogen and oxygen atoms in total. The van der Waals surface area contributed by atoms with Gasteiger partial charge in [0.2, 0.25) is 0 Å². The molecule has 0 saturated carbocycles. The Bertz CT molecular complexity index is 256. The second-order valence-corrected chi connectivity index (χ2v) is 3.19. The van der Waals surface area contributed by atoms with Crippen LogP contribution >= 0.6 is 12.2 Å². The quantitative estimate of drug-likeness (QED) is 0.642. The molecule has 0 radical (unpaired) electrons. The highest BCUT2D eigenvalue weighted by molar-refractivity contribution is 7.80. The smallest absolute Gasteiger partial charge is 0.0792 e. The van der Waals surface area contributed by atoms with E-state index in [2.05, 4.69) is 24.0 Å². The molecule has 1 rings (SSSR count). The highest BCUT2D eigenvalue weighted by Gasteiger charge is 2.03. The van der Waals surface area contributed by atoms with E-state index in [0.29, 0.717) is 0 Å². The summed E-state index contributed by atoms with van der Waals surface area (Å²) in [6, 6.07) is 10.2. The molecule has 0 spiro atoms. The Morgan fingerprint density at radius 1 is 1.33 bits per heavy atom. The van der Waals surface area contributed by atoms with Gasteiger partial charge in [-0.2, -0.15) is 0 Å². The molecular formula is C10H13NS. The third-order valence-electron chi connectivity index (χ3n) is 1.76. The highest BCUT2D eigenvalue weighted by atomic mass is 32.1. The topological polar surface area (TPSA) is 3.24 Å². The number of hydrogen-bond acceptors (Lipinski definition) is 1. The van der Waals surface area contributed by atoms with E-state index in [9.17, 15) is 0 Å². The van der Waals surface area contributed by atoms with Crippen LogP contribution in [-0.4, -0.2) is 11.5 Å². The van der Waals surface area contributed by atoms with Crippen molar-refractivity contribution in [2.45, 2.75) is 13.8 Å². The molecule has 0 bridgehead atoms. The zero-order valence-electron chi connectivity index (χ0n) is 7.45. The Kier molecular flexibility index (Phi) is 3.23. The molecule has 2 heteroatoms. The van der Waals surface area contributed by atoms with Gasteiger partial charge < -0.3 is 4.90 Å². The van der Waals surface area contributed by atoms with Gasteiger partial charge in [-0.15, -0.1) is 0 Å². The third kappa shape index (κ3) is 2.05. The normalized spacial score (nSPS) is 9.50. The molecule has 0 aliphatic carbocycles. The molecule has 0 aromatic heterocycles. The SMILES string of the molecule is CCN(C(C)=S)c1ccccc1. The van der Waals surface area contributed by atoms with Crippen molar-refractivity contribution in [1.29, 1.82) is 0 Å². The molecule has 0 saturated heterocycles. The maximum atomic E-state index is 5.12. The first-order valence-electron chi connectivity index (χ1n) is 4.09. The number of hydrogen-bond donors (Lipinski definition) is 0. The second-order valence-electron chi connectivity index (χ2n) is 2.60. The maximum absolute atomic E-state index is 5.12. The van der Waals surface area contributed by atoms with E-state index in [0.717, 1.165) is 11.5 Å². The van der Waals surface area contributed by atoms with Gasteiger partial charge in [0.1, 0.15) is 0 Å². The molecule has 12 heavy (non-hydrogen) atoms. The third-order valence-corrected chi connectivity index (χ3v) is 1.98. The van der Waals surface area contributed by atoms with Gasteiger partial charge in [0.05, 0.1) is 4.99 Å². The van der Waals surface area contributed by atoms with E-state index in [1.165, 1.54) is 5.69 Å². The van der Waals surface area contributed by atoms with Gasteiger partial charge in [-0.25, -0.2) is 0 Å². The molecule has 1 aromatic carbocycles. The summed E-state index contributed by atoms with van der Waals surface area (Å²) < 4.78 is 0. The molecule has 1 aromatic rings. The average Bonchev–Trinajstić information content (AvgIpc) is 2.07. The Hall–Kier alpha value is -0.890. The fraction of sp³-hybridized carbons (Fsp3) is 0.300. The van der Waals surface area contributed by atoms with Crippen molar-refractivity contribution in [3.63, 3.8) is 0 Å². The van der Waals surface area contributed by atoms with Crippen LogP contribution in [0.15, 0.2) is 30.3 Å². The van der Waals surface area contributed by atoms with Gasteiger partial charge in [-0.3, -0.25) is 0 Å². The van der Waals surface area contributed by atoms with Crippen LogP contribution in [0, 0.1) is 0 Å². The summed E-state index contributed by atoms with van der Waals surface area (Å²) in [5.74, 6) is 0. The van der Waals surface area contributed by atoms with Crippen molar-refractivity contribution < 1.29 is 0 Å². The number of anilines is 1. The summed E-state index contributed by atoms with van der Waals surface area (Å²) in [6.45, 7) is 4.98. The lowest BCUT2D eigenvalue weighted by molar-refractivity contribution is 1.06. The van der Waals surface area contributed by atoms with Crippen LogP contribution in [0.2, 0.25) is 0 Å². The standard InChI is InChI=1S/C10H13NS/c1-3-11(9(2)12)10-7-5-4-6-8-10/h4-8H,3H2,1-2H3. The zero-order chi connectivity index (χ0) is 8.97. The first-order valence-corrected chi connectivity index (χ1v) is 4.49. The Balaban J connectivity index is 2.88. The molecule has 64 valence electrons. The summed E-state index contributed by atoms with van der Waals surface area (Å²) in [4.78, 5) is 3.03. The average molecular weight is 179 g/mol. The van der Waals surface area contributed by atoms with Crippen molar-refractivity contribution in [1.82, 2.24) is 0 Å². The number of nitrogens with zero attached hydrogens (tertiary/aromatic N) is 1. The van der Waals surface area contributed by atoms with Crippen LogP contribution in [0.3, 0.4) is 0 Å². The first-order chi connectivity index (χ1) is 5.75. The van der Waals surface area contributed by atoms with Crippen LogP contribution in [0.4, 0.5) is 5.69 Å². The second kappa shape index (κ2) is 4.21. The van der Waals surface area contributed by atoms with E-state index in [1.807, 2.05) is 25.1 Å². The molecule has 0 fully saturated rings. The molecule has 0 heterocycles. The van der Waals surface area contributed by atoms with Crippen molar-refractivity contribution in [2.75, 3.05) is 11.4 Å². The lowest BCUT2D eigenvalue weighted by Gasteiger charge is -2.21. The Morgan fingerprint density at radius 2 is 1.92 bits per heavy atom. The van der Waals surface area contributed by atoms with Crippen LogP contribution in [-0.2, 0) is 0 Å². The Morgan fingerprint density at radius 3 is 2.33 bits per heavy atom. The van der Waals surface area contributed by atoms with Crippen molar-refractivity contribution in [2.24, 2.45) is 0 Å². The number of para-hydroxylation sites is 1. The fourth-order valence-electron chi connectivity index (χ4n) is 1.19. The molecule has 0 N–H and O–H groups in total. The molecule has 0 amide bonds. The van der Waals surface area contributed by atoms with Crippen LogP contribution in [0.5, 0.6) is 0 Å². The van der Waals surface area contributed by atoms with Gasteiger partial charge in [-0.1, -0.05) is 30.4 Å². The summed E-state index contributed by atoms with van der Waals surface area (Å²) in [6.07, 6.45) is 0. The van der Waals surface area contributed by atoms with Gasteiger partial charge in [-0.05, 0) is 26.0 Å². The Labute approximate surface area is 79.0 Å². The van der Waals surface area contributed by atoms with E-state index >= 15 is 0 Å². The van der Waals surface area contributed by atoms with Gasteiger partial charge in [0.15, 0.2) is 0 Å². The van der Waals surface area contributed by atoms with Crippen molar-refractivity contribution in [3.8, 4) is 0 Å². The fourth-order valence-corrected chi connectivity index (χ4v) is 1.43.